The van der Waals surface area contributed by atoms with Gasteiger partial charge < -0.3 is 14.2 Å². The van der Waals surface area contributed by atoms with Crippen LogP contribution in [0.15, 0.2) is 51.5 Å². The van der Waals surface area contributed by atoms with Gasteiger partial charge in [0.1, 0.15) is 17.1 Å². The Labute approximate surface area is 112 Å². The highest BCUT2D eigenvalue weighted by atomic mass is 16.3. The lowest BCUT2D eigenvalue weighted by Gasteiger charge is -2.13. The van der Waals surface area contributed by atoms with E-state index in [1.807, 2.05) is 31.2 Å². The highest BCUT2D eigenvalue weighted by Crippen LogP contribution is 2.29. The van der Waals surface area contributed by atoms with Crippen LogP contribution in [0.25, 0.3) is 11.0 Å². The summed E-state index contributed by atoms with van der Waals surface area (Å²) < 4.78 is 11.3. The van der Waals surface area contributed by atoms with Crippen LogP contribution in [0.5, 0.6) is 0 Å². The average Bonchev–Trinajstić information content (AvgIpc) is 3.01. The van der Waals surface area contributed by atoms with Gasteiger partial charge in [-0.15, -0.1) is 0 Å². The van der Waals surface area contributed by atoms with Crippen molar-refractivity contribution in [1.29, 1.82) is 0 Å². The molecule has 0 saturated carbocycles. The molecule has 0 fully saturated rings. The van der Waals surface area contributed by atoms with Gasteiger partial charge in [-0.25, -0.2) is 0 Å². The first-order chi connectivity index (χ1) is 9.28. The van der Waals surface area contributed by atoms with Crippen LogP contribution < -0.4 is 5.32 Å². The molecule has 1 N–H and O–H groups in total. The average molecular weight is 255 g/mol. The van der Waals surface area contributed by atoms with Gasteiger partial charge in [-0.1, -0.05) is 25.1 Å². The first-order valence-corrected chi connectivity index (χ1v) is 6.55. The van der Waals surface area contributed by atoms with E-state index in [0.717, 1.165) is 34.6 Å². The summed E-state index contributed by atoms with van der Waals surface area (Å²) >= 11 is 0. The molecular weight excluding hydrogens is 238 g/mol. The zero-order valence-corrected chi connectivity index (χ0v) is 11.1. The number of hydrogen-bond donors (Lipinski definition) is 1. The van der Waals surface area contributed by atoms with E-state index in [-0.39, 0.29) is 6.04 Å². The maximum Gasteiger partial charge on any atom is 0.134 e. The van der Waals surface area contributed by atoms with Crippen LogP contribution in [0, 0.1) is 6.92 Å². The second-order valence-corrected chi connectivity index (χ2v) is 4.67. The largest absolute Gasteiger partial charge is 0.469 e. The van der Waals surface area contributed by atoms with Gasteiger partial charge in [0, 0.05) is 10.9 Å². The van der Waals surface area contributed by atoms with E-state index < -0.39 is 0 Å². The molecule has 3 aromatic rings. The van der Waals surface area contributed by atoms with Crippen LogP contribution >= 0.6 is 0 Å². The Balaban J connectivity index is 2.03. The molecular formula is C16H17NO2. The SMILES string of the molecule is CCNC(c1coc(C)c1)c1cc2ccccc2o1. The number of hydrogen-bond acceptors (Lipinski definition) is 3. The third kappa shape index (κ3) is 2.29. The lowest BCUT2D eigenvalue weighted by Crippen LogP contribution is -2.20. The van der Waals surface area contributed by atoms with Crippen molar-refractivity contribution in [3.63, 3.8) is 0 Å². The normalized spacial score (nSPS) is 12.9. The number of rotatable bonds is 4. The molecule has 19 heavy (non-hydrogen) atoms. The molecule has 0 aliphatic heterocycles. The van der Waals surface area contributed by atoms with E-state index in [2.05, 4.69) is 24.4 Å². The zero-order chi connectivity index (χ0) is 13.2. The summed E-state index contributed by atoms with van der Waals surface area (Å²) in [6.45, 7) is 4.90. The third-order valence-corrected chi connectivity index (χ3v) is 3.22. The molecule has 0 saturated heterocycles. The van der Waals surface area contributed by atoms with Crippen LogP contribution in [0.2, 0.25) is 0 Å². The predicted molar refractivity (Wildman–Crippen MR) is 75.2 cm³/mol. The van der Waals surface area contributed by atoms with Crippen LogP contribution in [0.3, 0.4) is 0 Å². The van der Waals surface area contributed by atoms with Crippen molar-refractivity contribution in [2.75, 3.05) is 6.54 Å². The van der Waals surface area contributed by atoms with E-state index in [0.29, 0.717) is 0 Å². The molecule has 1 atom stereocenters. The summed E-state index contributed by atoms with van der Waals surface area (Å²) in [5.74, 6) is 1.83. The van der Waals surface area contributed by atoms with E-state index in [1.54, 1.807) is 6.26 Å². The Hall–Kier alpha value is -2.00. The fourth-order valence-electron chi connectivity index (χ4n) is 2.35. The van der Waals surface area contributed by atoms with Gasteiger partial charge in [0.2, 0.25) is 0 Å². The molecule has 3 heteroatoms. The summed E-state index contributed by atoms with van der Waals surface area (Å²) in [5, 5.41) is 4.56. The molecule has 0 spiro atoms. The highest BCUT2D eigenvalue weighted by molar-refractivity contribution is 5.77. The number of nitrogens with one attached hydrogen (secondary N) is 1. The highest BCUT2D eigenvalue weighted by Gasteiger charge is 2.19. The smallest absolute Gasteiger partial charge is 0.134 e. The molecule has 1 aromatic carbocycles. The number of benzene rings is 1. The van der Waals surface area contributed by atoms with Crippen LogP contribution in [-0.2, 0) is 0 Å². The summed E-state index contributed by atoms with van der Waals surface area (Å²) in [7, 11) is 0. The molecule has 2 aromatic heterocycles. The fourth-order valence-corrected chi connectivity index (χ4v) is 2.35. The summed E-state index contributed by atoms with van der Waals surface area (Å²) in [6.07, 6.45) is 1.79. The van der Waals surface area contributed by atoms with Crippen molar-refractivity contribution < 1.29 is 8.83 Å². The minimum atomic E-state index is 0.0369. The van der Waals surface area contributed by atoms with Gasteiger partial charge in [-0.2, -0.15) is 0 Å². The standard InChI is InChI=1S/C16H17NO2/c1-3-17-16(13-8-11(2)18-10-13)15-9-12-6-4-5-7-14(12)19-15/h4-10,16-17H,3H2,1-2H3. The number of furan rings is 2. The van der Waals surface area contributed by atoms with Crippen molar-refractivity contribution in [2.24, 2.45) is 0 Å². The van der Waals surface area contributed by atoms with Gasteiger partial charge in [0.15, 0.2) is 0 Å². The van der Waals surface area contributed by atoms with E-state index >= 15 is 0 Å². The maximum atomic E-state index is 5.94. The van der Waals surface area contributed by atoms with Gasteiger partial charge in [-0.3, -0.25) is 0 Å². The summed E-state index contributed by atoms with van der Waals surface area (Å²) in [6, 6.07) is 12.2. The molecule has 0 bridgehead atoms. The summed E-state index contributed by atoms with van der Waals surface area (Å²) in [4.78, 5) is 0. The number of fused-ring (bicyclic) bond motifs is 1. The lowest BCUT2D eigenvalue weighted by molar-refractivity contribution is 0.470. The Kier molecular flexibility index (Phi) is 3.13. The second-order valence-electron chi connectivity index (χ2n) is 4.67. The summed E-state index contributed by atoms with van der Waals surface area (Å²) in [5.41, 5.74) is 2.01. The molecule has 98 valence electrons. The molecule has 0 aliphatic rings. The monoisotopic (exact) mass is 255 g/mol. The molecule has 3 rings (SSSR count). The minimum absolute atomic E-state index is 0.0369. The van der Waals surface area contributed by atoms with Crippen molar-refractivity contribution in [2.45, 2.75) is 19.9 Å². The first-order valence-electron chi connectivity index (χ1n) is 6.55. The predicted octanol–water partition coefficient (Wildman–Crippen LogP) is 4.03. The van der Waals surface area contributed by atoms with Gasteiger partial charge >= 0.3 is 0 Å². The molecule has 0 amide bonds. The van der Waals surface area contributed by atoms with Gasteiger partial charge in [-0.05, 0) is 31.7 Å². The quantitative estimate of drug-likeness (QED) is 0.764. The number of aryl methyl sites for hydroxylation is 1. The Bertz CT molecular complexity index is 648. The molecule has 2 heterocycles. The Morgan fingerprint density at radius 2 is 2.05 bits per heavy atom. The molecule has 0 aliphatic carbocycles. The second kappa shape index (κ2) is 4.94. The molecule has 3 nitrogen and oxygen atoms in total. The first kappa shape index (κ1) is 12.1. The van der Waals surface area contributed by atoms with Gasteiger partial charge in [0.05, 0.1) is 12.3 Å². The van der Waals surface area contributed by atoms with Crippen molar-refractivity contribution in [1.82, 2.24) is 5.32 Å². The molecule has 1 unspecified atom stereocenters. The maximum absolute atomic E-state index is 5.94. The lowest BCUT2D eigenvalue weighted by atomic mass is 10.1. The van der Waals surface area contributed by atoms with Crippen molar-refractivity contribution in [3.8, 4) is 0 Å². The van der Waals surface area contributed by atoms with E-state index in [4.69, 9.17) is 8.83 Å². The van der Waals surface area contributed by atoms with Gasteiger partial charge in [0.25, 0.3) is 0 Å². The van der Waals surface area contributed by atoms with Crippen LogP contribution in [0.4, 0.5) is 0 Å². The van der Waals surface area contributed by atoms with Crippen LogP contribution in [0.1, 0.15) is 30.0 Å². The zero-order valence-electron chi connectivity index (χ0n) is 11.1. The number of para-hydroxylation sites is 1. The van der Waals surface area contributed by atoms with E-state index in [9.17, 15) is 0 Å². The minimum Gasteiger partial charge on any atom is -0.469 e. The Morgan fingerprint density at radius 3 is 2.74 bits per heavy atom. The van der Waals surface area contributed by atoms with E-state index in [1.165, 1.54) is 0 Å². The van der Waals surface area contributed by atoms with Crippen LogP contribution in [-0.4, -0.2) is 6.54 Å². The third-order valence-electron chi connectivity index (χ3n) is 3.22. The van der Waals surface area contributed by atoms with Crippen molar-refractivity contribution in [3.05, 3.63) is 59.7 Å². The van der Waals surface area contributed by atoms with Crippen molar-refractivity contribution >= 4 is 11.0 Å². The molecule has 0 radical (unpaired) electrons. The Morgan fingerprint density at radius 1 is 1.21 bits per heavy atom. The topological polar surface area (TPSA) is 38.3 Å². The fraction of sp³-hybridized carbons (Fsp3) is 0.250.